The Kier molecular flexibility index (Phi) is 5.59. The maximum absolute atomic E-state index is 17.4. The standard InChI is InChI=1S/C27H37FO5/c1-7-8-23(32)33-27(17(4)29)16(3)12-20-21-11-15(2)19-13-18(30)9-10-24(19,5)26(21,28)22(31)14-25(20,27)6/h9-10,13,15-16,20-22,31H,7-8,11-12,14H2,1-6H3/t15?,16?,20-,21-,22?,24-,25-,26-,27-/m0/s1. The lowest BCUT2D eigenvalue weighted by Gasteiger charge is -2.63. The van der Waals surface area contributed by atoms with Gasteiger partial charge in [0.1, 0.15) is 0 Å². The molecule has 4 aliphatic rings. The number of hydrogen-bond acceptors (Lipinski definition) is 5. The molecule has 0 spiro atoms. The van der Waals surface area contributed by atoms with E-state index in [4.69, 9.17) is 4.74 Å². The number of carbonyl (C=O) groups excluding carboxylic acids is 3. The van der Waals surface area contributed by atoms with Crippen LogP contribution in [-0.4, -0.2) is 40.0 Å². The number of aliphatic hydroxyl groups excluding tert-OH is 1. The van der Waals surface area contributed by atoms with Gasteiger partial charge in [-0.25, -0.2) is 4.39 Å². The molecule has 33 heavy (non-hydrogen) atoms. The van der Waals surface area contributed by atoms with Crippen LogP contribution < -0.4 is 0 Å². The minimum absolute atomic E-state index is 0.0209. The van der Waals surface area contributed by atoms with Crippen LogP contribution >= 0.6 is 0 Å². The molecular weight excluding hydrogens is 423 g/mol. The van der Waals surface area contributed by atoms with Crippen molar-refractivity contribution >= 4 is 17.5 Å². The highest BCUT2D eigenvalue weighted by molar-refractivity contribution is 6.01. The lowest BCUT2D eigenvalue weighted by molar-refractivity contribution is -0.229. The smallest absolute Gasteiger partial charge is 0.306 e. The molecule has 0 aliphatic heterocycles. The molecule has 0 heterocycles. The van der Waals surface area contributed by atoms with Crippen molar-refractivity contribution in [1.82, 2.24) is 0 Å². The molecule has 182 valence electrons. The Morgan fingerprint density at radius 2 is 1.88 bits per heavy atom. The van der Waals surface area contributed by atoms with E-state index in [0.29, 0.717) is 19.3 Å². The van der Waals surface area contributed by atoms with Gasteiger partial charge in [-0.3, -0.25) is 14.4 Å². The maximum atomic E-state index is 17.4. The number of ether oxygens (including phenoxy) is 1. The Hall–Kier alpha value is -1.82. The Balaban J connectivity index is 1.85. The molecule has 0 aromatic heterocycles. The molecule has 5 nitrogen and oxygen atoms in total. The van der Waals surface area contributed by atoms with Crippen LogP contribution in [-0.2, 0) is 19.1 Å². The van der Waals surface area contributed by atoms with Gasteiger partial charge in [0.25, 0.3) is 0 Å². The summed E-state index contributed by atoms with van der Waals surface area (Å²) >= 11 is 0. The number of aliphatic hydroxyl groups is 1. The van der Waals surface area contributed by atoms with Crippen LogP contribution in [0.15, 0.2) is 23.8 Å². The van der Waals surface area contributed by atoms with E-state index >= 15 is 4.39 Å². The lowest BCUT2D eigenvalue weighted by Crippen LogP contribution is -2.70. The summed E-state index contributed by atoms with van der Waals surface area (Å²) in [7, 11) is 0. The molecule has 3 saturated carbocycles. The maximum Gasteiger partial charge on any atom is 0.306 e. The van der Waals surface area contributed by atoms with E-state index in [2.05, 4.69) is 0 Å². The predicted octanol–water partition coefficient (Wildman–Crippen LogP) is 4.52. The number of fused-ring (bicyclic) bond motifs is 5. The first-order valence-electron chi connectivity index (χ1n) is 12.3. The van der Waals surface area contributed by atoms with Crippen molar-refractivity contribution in [2.24, 2.45) is 34.5 Å². The Labute approximate surface area is 195 Å². The largest absolute Gasteiger partial charge is 0.450 e. The van der Waals surface area contributed by atoms with Gasteiger partial charge in [-0.1, -0.05) is 39.3 Å². The lowest BCUT2D eigenvalue weighted by atomic mass is 9.43. The highest BCUT2D eigenvalue weighted by Crippen LogP contribution is 2.72. The first-order valence-corrected chi connectivity index (χ1v) is 12.3. The van der Waals surface area contributed by atoms with Crippen LogP contribution in [0, 0.1) is 34.5 Å². The molecule has 0 aromatic carbocycles. The second-order valence-corrected chi connectivity index (χ2v) is 11.4. The van der Waals surface area contributed by atoms with Crippen LogP contribution in [0.5, 0.6) is 0 Å². The molecule has 3 unspecified atom stereocenters. The molecule has 3 fully saturated rings. The second kappa shape index (κ2) is 7.59. The van der Waals surface area contributed by atoms with Crippen molar-refractivity contribution in [3.8, 4) is 0 Å². The zero-order valence-corrected chi connectivity index (χ0v) is 20.6. The average Bonchev–Trinajstić information content (AvgIpc) is 2.94. The fourth-order valence-corrected chi connectivity index (χ4v) is 8.39. The molecule has 0 amide bonds. The van der Waals surface area contributed by atoms with Crippen LogP contribution in [0.1, 0.15) is 73.6 Å². The van der Waals surface area contributed by atoms with Gasteiger partial charge in [-0.2, -0.15) is 0 Å². The van der Waals surface area contributed by atoms with Crippen molar-refractivity contribution in [3.63, 3.8) is 0 Å². The molecule has 0 aromatic rings. The van der Waals surface area contributed by atoms with E-state index in [-0.39, 0.29) is 42.2 Å². The van der Waals surface area contributed by atoms with E-state index in [1.165, 1.54) is 19.1 Å². The van der Waals surface area contributed by atoms with Gasteiger partial charge in [0.15, 0.2) is 22.8 Å². The normalized spacial score (nSPS) is 48.4. The number of ketones is 2. The van der Waals surface area contributed by atoms with Crippen molar-refractivity contribution in [1.29, 1.82) is 0 Å². The minimum atomic E-state index is -1.98. The van der Waals surface area contributed by atoms with Crippen molar-refractivity contribution in [2.45, 2.75) is 91.0 Å². The zero-order chi connectivity index (χ0) is 24.6. The molecule has 0 bridgehead atoms. The third-order valence-electron chi connectivity index (χ3n) is 9.76. The van der Waals surface area contributed by atoms with Gasteiger partial charge in [0, 0.05) is 29.1 Å². The molecule has 0 saturated heterocycles. The van der Waals surface area contributed by atoms with Gasteiger partial charge < -0.3 is 9.84 Å². The topological polar surface area (TPSA) is 80.7 Å². The second-order valence-electron chi connectivity index (χ2n) is 11.4. The quantitative estimate of drug-likeness (QED) is 0.624. The molecule has 9 atom stereocenters. The molecular formula is C27H37FO5. The van der Waals surface area contributed by atoms with E-state index in [1.807, 2.05) is 27.7 Å². The Bertz CT molecular complexity index is 954. The number of rotatable bonds is 4. The summed E-state index contributed by atoms with van der Waals surface area (Å²) in [5.74, 6) is -1.92. The van der Waals surface area contributed by atoms with Crippen LogP contribution in [0.25, 0.3) is 0 Å². The monoisotopic (exact) mass is 460 g/mol. The van der Waals surface area contributed by atoms with E-state index in [1.54, 1.807) is 13.0 Å². The fraction of sp³-hybridized carbons (Fsp3) is 0.741. The summed E-state index contributed by atoms with van der Waals surface area (Å²) in [5.41, 5.74) is -4.62. The number of allylic oxidation sites excluding steroid dienone is 4. The van der Waals surface area contributed by atoms with E-state index in [0.717, 1.165) is 5.57 Å². The minimum Gasteiger partial charge on any atom is -0.450 e. The van der Waals surface area contributed by atoms with Crippen LogP contribution in [0.2, 0.25) is 0 Å². The fourth-order valence-electron chi connectivity index (χ4n) is 8.39. The summed E-state index contributed by atoms with van der Waals surface area (Å²) < 4.78 is 23.4. The number of hydrogen-bond donors (Lipinski definition) is 1. The SMILES string of the molecule is CCCC(=O)O[C@]1(C(C)=O)C(C)C[C@H]2[C@@H]3CC(C)C4=CC(=O)C=C[C@]4(C)[C@@]3(F)C(O)C[C@@]21C. The summed E-state index contributed by atoms with van der Waals surface area (Å²) in [5, 5.41) is 11.5. The average molecular weight is 461 g/mol. The molecule has 1 N–H and O–H groups in total. The van der Waals surface area contributed by atoms with Crippen LogP contribution in [0.3, 0.4) is 0 Å². The first-order chi connectivity index (χ1) is 15.3. The van der Waals surface area contributed by atoms with Crippen molar-refractivity contribution < 1.29 is 28.6 Å². The zero-order valence-electron chi connectivity index (χ0n) is 20.6. The number of halogens is 1. The number of carbonyl (C=O) groups is 3. The van der Waals surface area contributed by atoms with E-state index in [9.17, 15) is 19.5 Å². The van der Waals surface area contributed by atoms with Gasteiger partial charge >= 0.3 is 5.97 Å². The van der Waals surface area contributed by atoms with E-state index < -0.39 is 40.1 Å². The Morgan fingerprint density at radius 1 is 1.21 bits per heavy atom. The van der Waals surface area contributed by atoms with Crippen molar-refractivity contribution in [3.05, 3.63) is 23.8 Å². The van der Waals surface area contributed by atoms with Gasteiger partial charge in [0.2, 0.25) is 0 Å². The van der Waals surface area contributed by atoms with Crippen molar-refractivity contribution in [2.75, 3.05) is 0 Å². The summed E-state index contributed by atoms with van der Waals surface area (Å²) in [6.07, 6.45) is 5.07. The predicted molar refractivity (Wildman–Crippen MR) is 122 cm³/mol. The number of alkyl halides is 1. The summed E-state index contributed by atoms with van der Waals surface area (Å²) in [6, 6.07) is 0. The first kappa shape index (κ1) is 24.3. The molecule has 4 rings (SSSR count). The molecule has 0 radical (unpaired) electrons. The Morgan fingerprint density at radius 3 is 2.48 bits per heavy atom. The van der Waals surface area contributed by atoms with Gasteiger partial charge in [-0.05, 0) is 63.5 Å². The number of Topliss-reactive ketones (excluding diaryl/α,β-unsaturated/α-hetero) is 1. The third-order valence-corrected chi connectivity index (χ3v) is 9.76. The van der Waals surface area contributed by atoms with Gasteiger partial charge in [-0.15, -0.1) is 0 Å². The summed E-state index contributed by atoms with van der Waals surface area (Å²) in [4.78, 5) is 38.0. The molecule has 6 heteroatoms. The number of esters is 1. The molecule has 4 aliphatic carbocycles. The van der Waals surface area contributed by atoms with Gasteiger partial charge in [0.05, 0.1) is 6.10 Å². The van der Waals surface area contributed by atoms with Crippen LogP contribution in [0.4, 0.5) is 4.39 Å². The third kappa shape index (κ3) is 2.88. The highest BCUT2D eigenvalue weighted by Gasteiger charge is 2.77. The highest BCUT2D eigenvalue weighted by atomic mass is 19.1. The summed E-state index contributed by atoms with van der Waals surface area (Å²) in [6.45, 7) is 10.9.